The summed E-state index contributed by atoms with van der Waals surface area (Å²) in [6.45, 7) is 12.4. The summed E-state index contributed by atoms with van der Waals surface area (Å²) in [7, 11) is 0. The van der Waals surface area contributed by atoms with Crippen LogP contribution in [0.4, 0.5) is 0 Å². The molecular formula is C36H47IO4. The van der Waals surface area contributed by atoms with Gasteiger partial charge in [-0.15, -0.1) is 0 Å². The molecule has 6 bridgehead atoms. The van der Waals surface area contributed by atoms with Crippen LogP contribution in [-0.2, 0) is 10.8 Å². The first kappa shape index (κ1) is 28.2. The molecule has 2 aromatic carbocycles. The van der Waals surface area contributed by atoms with Crippen molar-refractivity contribution in [1.82, 2.24) is 0 Å². The van der Waals surface area contributed by atoms with Gasteiger partial charge in [-0.25, -0.2) is 0 Å². The summed E-state index contributed by atoms with van der Waals surface area (Å²) in [4.78, 5) is 0. The maximum absolute atomic E-state index is 11.3. The van der Waals surface area contributed by atoms with Crippen LogP contribution < -0.4 is 0 Å². The van der Waals surface area contributed by atoms with Gasteiger partial charge < -0.3 is 20.4 Å². The van der Waals surface area contributed by atoms with Gasteiger partial charge in [-0.2, -0.15) is 0 Å². The monoisotopic (exact) mass is 670 g/mol. The number of halogens is 1. The lowest BCUT2D eigenvalue weighted by Crippen LogP contribution is -2.69. The highest BCUT2D eigenvalue weighted by atomic mass is 127. The number of fused-ring (bicyclic) bond motifs is 2. The van der Waals surface area contributed by atoms with E-state index < -0.39 is 0 Å². The molecule has 0 amide bonds. The zero-order chi connectivity index (χ0) is 29.5. The summed E-state index contributed by atoms with van der Waals surface area (Å²) in [6.07, 6.45) is 12.4. The van der Waals surface area contributed by atoms with Crippen LogP contribution >= 0.6 is 22.6 Å². The van der Waals surface area contributed by atoms with Crippen molar-refractivity contribution in [2.24, 2.45) is 27.1 Å². The second kappa shape index (κ2) is 8.09. The van der Waals surface area contributed by atoms with E-state index >= 15 is 0 Å². The third-order valence-electron chi connectivity index (χ3n) is 12.5. The van der Waals surface area contributed by atoms with Gasteiger partial charge in [0.25, 0.3) is 0 Å². The Morgan fingerprint density at radius 1 is 0.512 bits per heavy atom. The summed E-state index contributed by atoms with van der Waals surface area (Å²) in [6, 6.07) is 10.6. The lowest BCUT2D eigenvalue weighted by atomic mass is 9.31. The van der Waals surface area contributed by atoms with Crippen LogP contribution in [0.3, 0.4) is 0 Å². The van der Waals surface area contributed by atoms with Gasteiger partial charge in [0.05, 0.1) is 0 Å². The normalized spacial score (nSPS) is 46.0. The highest BCUT2D eigenvalue weighted by molar-refractivity contribution is 14.1. The van der Waals surface area contributed by atoms with Crippen molar-refractivity contribution in [3.63, 3.8) is 0 Å². The molecule has 0 spiro atoms. The van der Waals surface area contributed by atoms with Crippen molar-refractivity contribution in [2.45, 2.75) is 119 Å². The number of hydrogen-bond acceptors (Lipinski definition) is 4. The molecule has 222 valence electrons. The van der Waals surface area contributed by atoms with Crippen molar-refractivity contribution >= 4 is 22.6 Å². The molecule has 5 heteroatoms. The molecule has 6 aliphatic carbocycles. The summed E-state index contributed by atoms with van der Waals surface area (Å²) < 4.78 is 0.0279. The third kappa shape index (κ3) is 4.09. The smallest absolute Gasteiger partial charge is 0.123 e. The minimum Gasteiger partial charge on any atom is -0.508 e. The lowest BCUT2D eigenvalue weighted by molar-refractivity contribution is -0.187. The lowest BCUT2D eigenvalue weighted by Gasteiger charge is -2.75. The van der Waals surface area contributed by atoms with Crippen LogP contribution in [0.5, 0.6) is 23.0 Å². The van der Waals surface area contributed by atoms with Crippen molar-refractivity contribution in [3.05, 3.63) is 47.5 Å². The van der Waals surface area contributed by atoms with Gasteiger partial charge in [0.15, 0.2) is 0 Å². The molecular weight excluding hydrogens is 623 g/mol. The zero-order valence-corrected chi connectivity index (χ0v) is 27.6. The predicted octanol–water partition coefficient (Wildman–Crippen LogP) is 9.25. The molecule has 0 aromatic heterocycles. The zero-order valence-electron chi connectivity index (χ0n) is 25.4. The van der Waals surface area contributed by atoms with Crippen LogP contribution in [-0.4, -0.2) is 23.8 Å². The molecule has 4 nitrogen and oxygen atoms in total. The van der Waals surface area contributed by atoms with E-state index in [2.05, 4.69) is 57.2 Å². The number of phenols is 4. The Morgan fingerprint density at radius 2 is 0.976 bits per heavy atom. The van der Waals surface area contributed by atoms with Gasteiger partial charge >= 0.3 is 0 Å². The molecule has 0 saturated heterocycles. The molecule has 0 aliphatic heterocycles. The Bertz CT molecular complexity index is 1430. The van der Waals surface area contributed by atoms with E-state index in [1.165, 1.54) is 32.1 Å². The third-order valence-corrected chi connectivity index (χ3v) is 14.4. The first-order valence-electron chi connectivity index (χ1n) is 15.6. The molecule has 0 heterocycles. The van der Waals surface area contributed by atoms with Crippen LogP contribution in [0.25, 0.3) is 0 Å². The quantitative estimate of drug-likeness (QED) is 0.194. The molecule has 6 saturated carbocycles. The Hall–Kier alpha value is -1.63. The Labute approximate surface area is 259 Å². The summed E-state index contributed by atoms with van der Waals surface area (Å²) >= 11 is 2.92. The van der Waals surface area contributed by atoms with Gasteiger partial charge in [0.2, 0.25) is 0 Å². The molecule has 4 N–H and O–H groups in total. The van der Waals surface area contributed by atoms with E-state index in [0.29, 0.717) is 0 Å². The van der Waals surface area contributed by atoms with E-state index in [4.69, 9.17) is 0 Å². The molecule has 8 rings (SSSR count). The molecule has 2 aromatic rings. The molecule has 6 aliphatic rings. The van der Waals surface area contributed by atoms with E-state index in [1.54, 1.807) is 24.3 Å². The van der Waals surface area contributed by atoms with Gasteiger partial charge in [-0.3, -0.25) is 0 Å². The minimum atomic E-state index is -0.160. The maximum atomic E-state index is 11.3. The number of aromatic hydroxyl groups is 4. The minimum absolute atomic E-state index is 0.0279. The van der Waals surface area contributed by atoms with Crippen molar-refractivity contribution < 1.29 is 20.4 Å². The predicted molar refractivity (Wildman–Crippen MR) is 171 cm³/mol. The van der Waals surface area contributed by atoms with E-state index in [9.17, 15) is 20.4 Å². The number of rotatable bonds is 3. The maximum Gasteiger partial charge on any atom is 0.123 e. The van der Waals surface area contributed by atoms with Crippen LogP contribution in [0.1, 0.15) is 116 Å². The topological polar surface area (TPSA) is 80.9 Å². The standard InChI is InChI=1S/C36H47IO4/c1-29(2)12-30(3)15-33(13-29,25-8-6-23(38)10-27(25)40)22-36(37,20-30)35-18-31(4)14-32(5,19-35)17-34(16-31,21-35)26-9-7-24(39)11-28(26)41/h6-11,38-41H,12-22H2,1-5H3. The van der Waals surface area contributed by atoms with Crippen LogP contribution in [0, 0.1) is 27.1 Å². The van der Waals surface area contributed by atoms with Crippen molar-refractivity contribution in [3.8, 4) is 23.0 Å². The fourth-order valence-corrected chi connectivity index (χ4v) is 15.9. The average molecular weight is 671 g/mol. The highest BCUT2D eigenvalue weighted by Gasteiger charge is 2.73. The largest absolute Gasteiger partial charge is 0.508 e. The van der Waals surface area contributed by atoms with E-state index in [1.807, 2.05) is 12.1 Å². The highest BCUT2D eigenvalue weighted by Crippen LogP contribution is 2.81. The van der Waals surface area contributed by atoms with Gasteiger partial charge in [-0.1, -0.05) is 69.3 Å². The first-order chi connectivity index (χ1) is 18.8. The summed E-state index contributed by atoms with van der Waals surface area (Å²) in [5.41, 5.74) is 2.60. The van der Waals surface area contributed by atoms with Gasteiger partial charge in [0, 0.05) is 37.5 Å². The second-order valence-corrected chi connectivity index (χ2v) is 19.8. The first-order valence-corrected chi connectivity index (χ1v) is 16.7. The van der Waals surface area contributed by atoms with Crippen LogP contribution in [0.2, 0.25) is 0 Å². The summed E-state index contributed by atoms with van der Waals surface area (Å²) in [5.74, 6) is 0.728. The van der Waals surface area contributed by atoms with E-state index in [0.717, 1.165) is 49.7 Å². The van der Waals surface area contributed by atoms with Crippen molar-refractivity contribution in [2.75, 3.05) is 0 Å². The van der Waals surface area contributed by atoms with Crippen molar-refractivity contribution in [1.29, 1.82) is 0 Å². The molecule has 41 heavy (non-hydrogen) atoms. The fourth-order valence-electron chi connectivity index (χ4n) is 13.7. The Kier molecular flexibility index (Phi) is 5.56. The second-order valence-electron chi connectivity index (χ2n) is 17.7. The van der Waals surface area contributed by atoms with Gasteiger partial charge in [0.1, 0.15) is 23.0 Å². The number of benzene rings is 2. The van der Waals surface area contributed by atoms with E-state index in [-0.39, 0.29) is 64.3 Å². The fraction of sp³-hybridized carbons (Fsp3) is 0.667. The van der Waals surface area contributed by atoms with Gasteiger partial charge in [-0.05, 0) is 110 Å². The summed E-state index contributed by atoms with van der Waals surface area (Å²) in [5, 5.41) is 42.9. The number of alkyl halides is 1. The Morgan fingerprint density at radius 3 is 1.46 bits per heavy atom. The number of phenolic OH excluding ortho intramolecular Hbond substituents is 4. The molecule has 5 atom stereocenters. The molecule has 6 fully saturated rings. The van der Waals surface area contributed by atoms with Crippen LogP contribution in [0.15, 0.2) is 36.4 Å². The number of hydrogen-bond donors (Lipinski definition) is 4. The molecule has 5 unspecified atom stereocenters. The SMILES string of the molecule is CC1(C)CC2(C)CC(c3ccc(O)cc3O)(C1)CC(I)(C13CC4(C)CC(C)(CC(c5ccc(O)cc5O)(C4)C1)C3)C2. The average Bonchev–Trinajstić information content (AvgIpc) is 2.73. The Balaban J connectivity index is 1.40. The molecule has 0 radical (unpaired) electrons.